The zero-order chi connectivity index (χ0) is 7.78. The summed E-state index contributed by atoms with van der Waals surface area (Å²) in [7, 11) is 0. The van der Waals surface area contributed by atoms with Crippen LogP contribution in [0.15, 0.2) is 0 Å². The molecule has 0 radical (unpaired) electrons. The molecule has 0 amide bonds. The van der Waals surface area contributed by atoms with Crippen molar-refractivity contribution in [3.05, 3.63) is 0 Å². The van der Waals surface area contributed by atoms with Crippen LogP contribution in [0.5, 0.6) is 0 Å². The minimum absolute atomic E-state index is 0.119. The molecule has 0 bridgehead atoms. The highest BCUT2D eigenvalue weighted by Crippen LogP contribution is 2.52. The predicted molar refractivity (Wildman–Crippen MR) is 35.9 cm³/mol. The SMILES string of the molecule is CC1(C(CN)C(F)F)CC1. The van der Waals surface area contributed by atoms with Crippen LogP contribution in [0, 0.1) is 11.3 Å². The Labute approximate surface area is 59.6 Å². The third-order valence-corrected chi connectivity index (χ3v) is 2.49. The Bertz CT molecular complexity index is 121. The van der Waals surface area contributed by atoms with Crippen LogP contribution < -0.4 is 5.73 Å². The molecule has 0 aromatic rings. The first-order chi connectivity index (χ1) is 4.60. The average Bonchev–Trinajstić information content (AvgIpc) is 2.49. The van der Waals surface area contributed by atoms with Gasteiger partial charge in [-0.2, -0.15) is 0 Å². The van der Waals surface area contributed by atoms with Gasteiger partial charge in [0.15, 0.2) is 0 Å². The summed E-state index contributed by atoms with van der Waals surface area (Å²) in [5.41, 5.74) is 5.08. The number of rotatable bonds is 3. The van der Waals surface area contributed by atoms with Crippen molar-refractivity contribution in [3.63, 3.8) is 0 Å². The van der Waals surface area contributed by atoms with E-state index in [9.17, 15) is 8.78 Å². The van der Waals surface area contributed by atoms with Crippen molar-refractivity contribution in [1.82, 2.24) is 0 Å². The lowest BCUT2D eigenvalue weighted by Gasteiger charge is -2.20. The first-order valence-corrected chi connectivity index (χ1v) is 3.58. The molecule has 1 rings (SSSR count). The van der Waals surface area contributed by atoms with Gasteiger partial charge in [0, 0.05) is 12.5 Å². The summed E-state index contributed by atoms with van der Waals surface area (Å²) in [5.74, 6) is -0.576. The monoisotopic (exact) mass is 149 g/mol. The van der Waals surface area contributed by atoms with E-state index in [4.69, 9.17) is 5.73 Å². The van der Waals surface area contributed by atoms with Crippen LogP contribution in [0.1, 0.15) is 19.8 Å². The average molecular weight is 149 g/mol. The molecule has 0 aliphatic heterocycles. The maximum atomic E-state index is 12.2. The standard InChI is InChI=1S/C7H13F2N/c1-7(2-3-7)5(4-10)6(8)9/h5-6H,2-4,10H2,1H3. The van der Waals surface area contributed by atoms with Crippen molar-refractivity contribution < 1.29 is 8.78 Å². The normalized spacial score (nSPS) is 24.9. The van der Waals surface area contributed by atoms with Crippen molar-refractivity contribution in [1.29, 1.82) is 0 Å². The molecule has 0 saturated heterocycles. The summed E-state index contributed by atoms with van der Waals surface area (Å²) < 4.78 is 24.3. The van der Waals surface area contributed by atoms with E-state index in [0.717, 1.165) is 12.8 Å². The Hall–Kier alpha value is -0.180. The molecule has 2 N–H and O–H groups in total. The fraction of sp³-hybridized carbons (Fsp3) is 1.00. The molecule has 1 fully saturated rings. The van der Waals surface area contributed by atoms with Crippen LogP contribution in [0.4, 0.5) is 8.78 Å². The number of nitrogens with two attached hydrogens (primary N) is 1. The van der Waals surface area contributed by atoms with Crippen molar-refractivity contribution in [3.8, 4) is 0 Å². The van der Waals surface area contributed by atoms with Crippen molar-refractivity contribution in [2.45, 2.75) is 26.2 Å². The van der Waals surface area contributed by atoms with Gasteiger partial charge in [-0.25, -0.2) is 8.78 Å². The lowest BCUT2D eigenvalue weighted by Crippen LogP contribution is -2.29. The van der Waals surface area contributed by atoms with Gasteiger partial charge < -0.3 is 5.73 Å². The van der Waals surface area contributed by atoms with E-state index in [0.29, 0.717) is 0 Å². The van der Waals surface area contributed by atoms with Crippen molar-refractivity contribution >= 4 is 0 Å². The summed E-state index contributed by atoms with van der Waals surface area (Å²) in [6, 6.07) is 0. The number of alkyl halides is 2. The molecule has 0 aromatic carbocycles. The molecule has 1 saturated carbocycles. The van der Waals surface area contributed by atoms with Crippen LogP contribution >= 0.6 is 0 Å². The van der Waals surface area contributed by atoms with Crippen molar-refractivity contribution in [2.24, 2.45) is 17.1 Å². The highest BCUT2D eigenvalue weighted by molar-refractivity contribution is 4.95. The van der Waals surface area contributed by atoms with Gasteiger partial charge >= 0.3 is 0 Å². The molecule has 1 nitrogen and oxygen atoms in total. The van der Waals surface area contributed by atoms with Gasteiger partial charge in [-0.1, -0.05) is 6.92 Å². The van der Waals surface area contributed by atoms with Gasteiger partial charge in [-0.15, -0.1) is 0 Å². The Morgan fingerprint density at radius 1 is 1.50 bits per heavy atom. The minimum atomic E-state index is -2.24. The highest BCUT2D eigenvalue weighted by Gasteiger charge is 2.47. The summed E-state index contributed by atoms with van der Waals surface area (Å²) in [6.07, 6.45) is -0.407. The first kappa shape index (κ1) is 7.92. The molecule has 1 unspecified atom stereocenters. The van der Waals surface area contributed by atoms with Gasteiger partial charge in [0.2, 0.25) is 6.43 Å². The number of halogens is 2. The molecular formula is C7H13F2N. The van der Waals surface area contributed by atoms with E-state index < -0.39 is 12.3 Å². The van der Waals surface area contributed by atoms with E-state index in [1.807, 2.05) is 6.92 Å². The lowest BCUT2D eigenvalue weighted by atomic mass is 9.91. The number of hydrogen-bond acceptors (Lipinski definition) is 1. The third kappa shape index (κ3) is 1.29. The van der Waals surface area contributed by atoms with Gasteiger partial charge in [0.05, 0.1) is 0 Å². The second-order valence-electron chi connectivity index (χ2n) is 3.33. The molecule has 1 aliphatic carbocycles. The molecule has 10 heavy (non-hydrogen) atoms. The molecule has 0 spiro atoms. The van der Waals surface area contributed by atoms with E-state index in [1.54, 1.807) is 0 Å². The van der Waals surface area contributed by atoms with Gasteiger partial charge in [-0.3, -0.25) is 0 Å². The molecule has 1 aliphatic rings. The van der Waals surface area contributed by atoms with E-state index in [2.05, 4.69) is 0 Å². The minimum Gasteiger partial charge on any atom is -0.330 e. The van der Waals surface area contributed by atoms with E-state index >= 15 is 0 Å². The zero-order valence-electron chi connectivity index (χ0n) is 6.11. The maximum absolute atomic E-state index is 12.2. The Morgan fingerprint density at radius 3 is 2.10 bits per heavy atom. The largest absolute Gasteiger partial charge is 0.330 e. The fourth-order valence-corrected chi connectivity index (χ4v) is 1.26. The zero-order valence-corrected chi connectivity index (χ0v) is 6.11. The lowest BCUT2D eigenvalue weighted by molar-refractivity contribution is 0.0447. The summed E-state index contributed by atoms with van der Waals surface area (Å²) in [6.45, 7) is 2.00. The van der Waals surface area contributed by atoms with Gasteiger partial charge in [0.1, 0.15) is 0 Å². The molecule has 1 atom stereocenters. The van der Waals surface area contributed by atoms with Crippen LogP contribution in [-0.4, -0.2) is 13.0 Å². The van der Waals surface area contributed by atoms with E-state index in [-0.39, 0.29) is 12.0 Å². The second-order valence-corrected chi connectivity index (χ2v) is 3.33. The molecular weight excluding hydrogens is 136 g/mol. The van der Waals surface area contributed by atoms with E-state index in [1.165, 1.54) is 0 Å². The second kappa shape index (κ2) is 2.46. The Kier molecular flexibility index (Phi) is 1.95. The van der Waals surface area contributed by atoms with Crippen molar-refractivity contribution in [2.75, 3.05) is 6.54 Å². The summed E-state index contributed by atoms with van der Waals surface area (Å²) in [5, 5.41) is 0. The first-order valence-electron chi connectivity index (χ1n) is 3.58. The maximum Gasteiger partial charge on any atom is 0.243 e. The fourth-order valence-electron chi connectivity index (χ4n) is 1.26. The predicted octanol–water partition coefficient (Wildman–Crippen LogP) is 1.63. The summed E-state index contributed by atoms with van der Waals surface area (Å²) >= 11 is 0. The van der Waals surface area contributed by atoms with Crippen LogP contribution in [0.25, 0.3) is 0 Å². The molecule has 0 aromatic heterocycles. The summed E-state index contributed by atoms with van der Waals surface area (Å²) in [4.78, 5) is 0. The quantitative estimate of drug-likeness (QED) is 0.648. The molecule has 3 heteroatoms. The third-order valence-electron chi connectivity index (χ3n) is 2.49. The van der Waals surface area contributed by atoms with Crippen LogP contribution in [0.3, 0.4) is 0 Å². The van der Waals surface area contributed by atoms with Crippen LogP contribution in [-0.2, 0) is 0 Å². The topological polar surface area (TPSA) is 26.0 Å². The van der Waals surface area contributed by atoms with Gasteiger partial charge in [0.25, 0.3) is 0 Å². The van der Waals surface area contributed by atoms with Gasteiger partial charge in [-0.05, 0) is 18.3 Å². The molecule has 0 heterocycles. The molecule has 60 valence electrons. The van der Waals surface area contributed by atoms with Crippen LogP contribution in [0.2, 0.25) is 0 Å². The number of hydrogen-bond donors (Lipinski definition) is 1. The Morgan fingerprint density at radius 2 is 2.00 bits per heavy atom. The Balaban J connectivity index is 2.48. The smallest absolute Gasteiger partial charge is 0.243 e. The highest BCUT2D eigenvalue weighted by atomic mass is 19.3.